The van der Waals surface area contributed by atoms with Gasteiger partial charge in [0.2, 0.25) is 11.8 Å². The first-order valence-electron chi connectivity index (χ1n) is 9.48. The maximum atomic E-state index is 12.7. The minimum atomic E-state index is -1.05. The Morgan fingerprint density at radius 3 is 2.66 bits per heavy atom. The summed E-state index contributed by atoms with van der Waals surface area (Å²) in [4.78, 5) is 37.2. The van der Waals surface area contributed by atoms with E-state index in [1.54, 1.807) is 23.1 Å². The average Bonchev–Trinajstić information content (AvgIpc) is 3.07. The van der Waals surface area contributed by atoms with Crippen molar-refractivity contribution >= 4 is 17.8 Å². The fourth-order valence-corrected chi connectivity index (χ4v) is 3.29. The summed E-state index contributed by atoms with van der Waals surface area (Å²) in [5.74, 6) is -0.839. The van der Waals surface area contributed by atoms with Crippen LogP contribution >= 0.6 is 0 Å². The molecule has 2 N–H and O–H groups in total. The van der Waals surface area contributed by atoms with Gasteiger partial charge in [-0.05, 0) is 36.6 Å². The summed E-state index contributed by atoms with van der Waals surface area (Å²) in [6.07, 6.45) is 0.862. The van der Waals surface area contributed by atoms with E-state index < -0.39 is 18.6 Å². The van der Waals surface area contributed by atoms with E-state index in [0.29, 0.717) is 25.1 Å². The molecule has 2 aromatic carbocycles. The van der Waals surface area contributed by atoms with Crippen LogP contribution in [-0.4, -0.2) is 40.4 Å². The Bertz CT molecular complexity index is 894. The van der Waals surface area contributed by atoms with Crippen LogP contribution in [0, 0.1) is 6.92 Å². The Hall–Kier alpha value is -3.35. The number of hydrogen-bond acceptors (Lipinski definition) is 4. The first-order chi connectivity index (χ1) is 13.9. The highest BCUT2D eigenvalue weighted by Gasteiger charge is 2.35. The van der Waals surface area contributed by atoms with Crippen LogP contribution in [-0.2, 0) is 27.5 Å². The molecule has 2 amide bonds. The summed E-state index contributed by atoms with van der Waals surface area (Å²) in [7, 11) is 0. The largest absolute Gasteiger partial charge is 0.482 e. The van der Waals surface area contributed by atoms with Gasteiger partial charge in [-0.15, -0.1) is 0 Å². The number of nitrogens with one attached hydrogen (secondary N) is 1. The van der Waals surface area contributed by atoms with Gasteiger partial charge in [-0.25, -0.2) is 4.79 Å². The van der Waals surface area contributed by atoms with Crippen molar-refractivity contribution in [2.24, 2.45) is 0 Å². The van der Waals surface area contributed by atoms with Gasteiger partial charge in [-0.3, -0.25) is 9.59 Å². The molecule has 1 heterocycles. The van der Waals surface area contributed by atoms with Crippen molar-refractivity contribution in [1.82, 2.24) is 10.2 Å². The Morgan fingerprint density at radius 1 is 1.17 bits per heavy atom. The normalized spacial score (nSPS) is 16.0. The Labute approximate surface area is 169 Å². The smallest absolute Gasteiger partial charge is 0.341 e. The Kier molecular flexibility index (Phi) is 6.49. The monoisotopic (exact) mass is 396 g/mol. The van der Waals surface area contributed by atoms with E-state index in [4.69, 9.17) is 9.84 Å². The van der Waals surface area contributed by atoms with Crippen molar-refractivity contribution in [2.75, 3.05) is 6.61 Å². The highest BCUT2D eigenvalue weighted by atomic mass is 16.5. The number of likely N-dealkylation sites (tertiary alicyclic amines) is 1. The van der Waals surface area contributed by atoms with Crippen LogP contribution in [0.4, 0.5) is 0 Å². The fourth-order valence-electron chi connectivity index (χ4n) is 3.29. The number of hydrogen-bond donors (Lipinski definition) is 2. The van der Waals surface area contributed by atoms with E-state index >= 15 is 0 Å². The molecule has 0 radical (unpaired) electrons. The van der Waals surface area contributed by atoms with Crippen LogP contribution in [0.2, 0.25) is 0 Å². The van der Waals surface area contributed by atoms with E-state index in [2.05, 4.69) is 5.32 Å². The van der Waals surface area contributed by atoms with Gasteiger partial charge >= 0.3 is 5.97 Å². The fraction of sp³-hybridized carbons (Fsp3) is 0.318. The minimum Gasteiger partial charge on any atom is -0.482 e. The molecule has 1 atom stereocenters. The van der Waals surface area contributed by atoms with Gasteiger partial charge in [0.25, 0.3) is 0 Å². The number of ether oxygens (including phenoxy) is 1. The predicted molar refractivity (Wildman–Crippen MR) is 106 cm³/mol. The molecule has 0 aliphatic carbocycles. The number of carboxylic acid groups (broad SMARTS) is 1. The zero-order valence-corrected chi connectivity index (χ0v) is 16.3. The van der Waals surface area contributed by atoms with E-state index in [9.17, 15) is 14.4 Å². The number of nitrogens with zero attached hydrogens (tertiary/aromatic N) is 1. The van der Waals surface area contributed by atoms with Crippen LogP contribution in [0.1, 0.15) is 29.5 Å². The maximum absolute atomic E-state index is 12.7. The second-order valence-electron chi connectivity index (χ2n) is 7.11. The number of aryl methyl sites for hydroxylation is 1. The molecule has 0 saturated carbocycles. The third kappa shape index (κ3) is 5.57. The molecule has 7 nitrogen and oxygen atoms in total. The first-order valence-corrected chi connectivity index (χ1v) is 9.48. The van der Waals surface area contributed by atoms with Crippen molar-refractivity contribution < 1.29 is 24.2 Å². The quantitative estimate of drug-likeness (QED) is 0.714. The van der Waals surface area contributed by atoms with Crippen LogP contribution in [0.5, 0.6) is 5.75 Å². The maximum Gasteiger partial charge on any atom is 0.341 e. The summed E-state index contributed by atoms with van der Waals surface area (Å²) in [6, 6.07) is 14.3. The summed E-state index contributed by atoms with van der Waals surface area (Å²) in [5.41, 5.74) is 2.92. The van der Waals surface area contributed by atoms with Crippen molar-refractivity contribution in [3.8, 4) is 5.75 Å². The lowest BCUT2D eigenvalue weighted by Crippen LogP contribution is -2.44. The van der Waals surface area contributed by atoms with Crippen LogP contribution in [0.15, 0.2) is 48.5 Å². The first kappa shape index (κ1) is 20.4. The van der Waals surface area contributed by atoms with Gasteiger partial charge in [0.15, 0.2) is 6.61 Å². The third-order valence-corrected chi connectivity index (χ3v) is 4.83. The molecule has 0 unspecified atom stereocenters. The SMILES string of the molecule is Cc1ccc(CN2C(=O)CC[C@@H]2C(=O)NCc2cccc(OCC(=O)O)c2)cc1. The van der Waals surface area contributed by atoms with E-state index in [1.165, 1.54) is 0 Å². The van der Waals surface area contributed by atoms with Crippen LogP contribution in [0.25, 0.3) is 0 Å². The molecular weight excluding hydrogens is 372 g/mol. The van der Waals surface area contributed by atoms with Gasteiger partial charge in [0.1, 0.15) is 11.8 Å². The molecule has 0 spiro atoms. The van der Waals surface area contributed by atoms with Gasteiger partial charge in [0.05, 0.1) is 0 Å². The third-order valence-electron chi connectivity index (χ3n) is 4.83. The predicted octanol–water partition coefficient (Wildman–Crippen LogP) is 2.27. The summed E-state index contributed by atoms with van der Waals surface area (Å²) in [5, 5.41) is 11.6. The molecule has 7 heteroatoms. The summed E-state index contributed by atoms with van der Waals surface area (Å²) in [6.45, 7) is 2.26. The van der Waals surface area contributed by atoms with Gasteiger partial charge in [-0.1, -0.05) is 42.0 Å². The molecular formula is C22H24N2O5. The summed E-state index contributed by atoms with van der Waals surface area (Å²) < 4.78 is 5.16. The zero-order valence-electron chi connectivity index (χ0n) is 16.3. The Balaban J connectivity index is 1.59. The van der Waals surface area contributed by atoms with Gasteiger partial charge in [-0.2, -0.15) is 0 Å². The lowest BCUT2D eigenvalue weighted by molar-refractivity contribution is -0.139. The molecule has 1 aliphatic rings. The number of carbonyl (C=O) groups is 3. The topological polar surface area (TPSA) is 95.9 Å². The molecule has 1 saturated heterocycles. The highest BCUT2D eigenvalue weighted by Crippen LogP contribution is 2.22. The van der Waals surface area contributed by atoms with Gasteiger partial charge in [0, 0.05) is 19.5 Å². The Morgan fingerprint density at radius 2 is 1.93 bits per heavy atom. The van der Waals surface area contributed by atoms with E-state index in [1.807, 2.05) is 37.3 Å². The second kappa shape index (κ2) is 9.23. The number of benzene rings is 2. The van der Waals surface area contributed by atoms with Crippen molar-refractivity contribution in [3.63, 3.8) is 0 Å². The molecule has 3 rings (SSSR count). The van der Waals surface area contributed by atoms with Crippen LogP contribution < -0.4 is 10.1 Å². The van der Waals surface area contributed by atoms with E-state index in [-0.39, 0.29) is 18.4 Å². The second-order valence-corrected chi connectivity index (χ2v) is 7.11. The molecule has 1 fully saturated rings. The summed E-state index contributed by atoms with van der Waals surface area (Å²) >= 11 is 0. The van der Waals surface area contributed by atoms with Crippen LogP contribution in [0.3, 0.4) is 0 Å². The molecule has 152 valence electrons. The minimum absolute atomic E-state index is 0.0187. The average molecular weight is 396 g/mol. The number of aliphatic carboxylic acids is 1. The number of carboxylic acids is 1. The number of amides is 2. The standard InChI is InChI=1S/C22H24N2O5/c1-15-5-7-16(8-6-15)13-24-19(9-10-20(24)25)22(28)23-12-17-3-2-4-18(11-17)29-14-21(26)27/h2-8,11,19H,9-10,12-14H2,1H3,(H,23,28)(H,26,27)/t19-/m1/s1. The van der Waals surface area contributed by atoms with Gasteiger partial charge < -0.3 is 20.1 Å². The number of carbonyl (C=O) groups excluding carboxylic acids is 2. The molecule has 0 bridgehead atoms. The van der Waals surface area contributed by atoms with Crippen molar-refractivity contribution in [1.29, 1.82) is 0 Å². The molecule has 29 heavy (non-hydrogen) atoms. The molecule has 1 aliphatic heterocycles. The zero-order chi connectivity index (χ0) is 20.8. The molecule has 2 aromatic rings. The van der Waals surface area contributed by atoms with Crippen molar-refractivity contribution in [3.05, 3.63) is 65.2 Å². The van der Waals surface area contributed by atoms with Crippen molar-refractivity contribution in [2.45, 2.75) is 38.9 Å². The number of rotatable bonds is 8. The lowest BCUT2D eigenvalue weighted by atomic mass is 10.1. The highest BCUT2D eigenvalue weighted by molar-refractivity contribution is 5.90. The molecule has 0 aromatic heterocycles. The van der Waals surface area contributed by atoms with E-state index in [0.717, 1.165) is 16.7 Å². The lowest BCUT2D eigenvalue weighted by Gasteiger charge is -2.24.